The Morgan fingerprint density at radius 3 is 0.582 bits per heavy atom. The van der Waals surface area contributed by atoms with Crippen molar-refractivity contribution in [3.63, 3.8) is 0 Å². The van der Waals surface area contributed by atoms with Crippen LogP contribution in [0.25, 0.3) is 0 Å². The summed E-state index contributed by atoms with van der Waals surface area (Å²) < 4.78 is 0. The summed E-state index contributed by atoms with van der Waals surface area (Å²) in [5.41, 5.74) is 35.7. The molecule has 2 heteroatoms. The zero-order valence-electron chi connectivity index (χ0n) is 67.0. The Balaban J connectivity index is 0.000000126. The van der Waals surface area contributed by atoms with Crippen molar-refractivity contribution in [2.45, 2.75) is 156 Å². The largest absolute Gasteiger partial charge is 0.311 e. The Labute approximate surface area is 657 Å². The molecule has 0 aromatic heterocycles. The van der Waals surface area contributed by atoms with E-state index >= 15 is 0 Å². The lowest BCUT2D eigenvalue weighted by atomic mass is 9.32. The van der Waals surface area contributed by atoms with Crippen molar-refractivity contribution in [1.82, 2.24) is 0 Å². The molecule has 0 radical (unpaired) electrons. The molecule has 14 aromatic rings. The predicted molar refractivity (Wildman–Crippen MR) is 469 cm³/mol. The summed E-state index contributed by atoms with van der Waals surface area (Å²) in [4.78, 5) is 4.60. The zero-order valence-corrected chi connectivity index (χ0v) is 67.0. The summed E-state index contributed by atoms with van der Waals surface area (Å²) in [6.45, 7) is 28.1. The number of hydrogen-bond acceptors (Lipinski definition) is 2. The highest BCUT2D eigenvalue weighted by molar-refractivity contribution is 5.78. The van der Waals surface area contributed by atoms with Crippen molar-refractivity contribution < 1.29 is 0 Å². The van der Waals surface area contributed by atoms with Crippen molar-refractivity contribution in [2.75, 3.05) is 9.80 Å². The van der Waals surface area contributed by atoms with Crippen LogP contribution in [0.2, 0.25) is 0 Å². The molecule has 4 aliphatic carbocycles. The molecule has 0 aliphatic heterocycles. The first-order chi connectivity index (χ1) is 53.1. The Kier molecular flexibility index (Phi) is 22.0. The fourth-order valence-corrected chi connectivity index (χ4v) is 18.9. The van der Waals surface area contributed by atoms with Gasteiger partial charge in [-0.3, -0.25) is 0 Å². The number of nitrogens with zero attached hydrogens (tertiary/aromatic N) is 2. The molecule has 110 heavy (non-hydrogen) atoms. The molecule has 18 rings (SSSR count). The van der Waals surface area contributed by atoms with Crippen LogP contribution in [0.15, 0.2) is 346 Å². The van der Waals surface area contributed by atoms with Gasteiger partial charge in [0.05, 0.1) is 5.41 Å². The Morgan fingerprint density at radius 1 is 0.173 bits per heavy atom. The van der Waals surface area contributed by atoms with Crippen LogP contribution in [0, 0.1) is 90.0 Å². The van der Waals surface area contributed by atoms with Gasteiger partial charge in [-0.05, 0) is 284 Å². The fourth-order valence-electron chi connectivity index (χ4n) is 18.9. The van der Waals surface area contributed by atoms with Crippen molar-refractivity contribution in [2.24, 2.45) is 0 Å². The molecule has 2 nitrogen and oxygen atoms in total. The highest BCUT2D eigenvalue weighted by Crippen LogP contribution is 2.75. The van der Waals surface area contributed by atoms with Crippen LogP contribution in [0.4, 0.5) is 34.1 Å². The molecule has 0 atom stereocenters. The Hall–Kier alpha value is -11.3. The monoisotopic (exact) mass is 1430 g/mol. The molecule has 14 aromatic carbocycles. The second kappa shape index (κ2) is 32.1. The second-order valence-electron chi connectivity index (χ2n) is 33.1. The normalized spacial score (nSPS) is 18.0. The minimum Gasteiger partial charge on any atom is -0.311 e. The van der Waals surface area contributed by atoms with Crippen LogP contribution in [0.1, 0.15) is 155 Å². The number of aryl methyl sites for hydroxylation is 13. The summed E-state index contributed by atoms with van der Waals surface area (Å²) in [6, 6.07) is 128. The molecule has 4 fully saturated rings. The van der Waals surface area contributed by atoms with Gasteiger partial charge in [-0.15, -0.1) is 0 Å². The fraction of sp³-hybridized carbons (Fsp3) is 0.222. The van der Waals surface area contributed by atoms with Gasteiger partial charge in [0.2, 0.25) is 0 Å². The highest BCUT2D eigenvalue weighted by atomic mass is 15.1. The lowest BCUT2D eigenvalue weighted by Crippen LogP contribution is -2.67. The number of anilines is 6. The summed E-state index contributed by atoms with van der Waals surface area (Å²) in [6.07, 6.45) is 7.54. The Bertz CT molecular complexity index is 4790. The van der Waals surface area contributed by atoms with Gasteiger partial charge in [0.25, 0.3) is 0 Å². The lowest BCUT2D eigenvalue weighted by molar-refractivity contribution is -0.0691. The first-order valence-corrected chi connectivity index (χ1v) is 39.7. The molecular weight excluding hydrogens is 1330 g/mol. The molecule has 0 saturated heterocycles. The van der Waals surface area contributed by atoms with Gasteiger partial charge in [0.15, 0.2) is 0 Å². The highest BCUT2D eigenvalue weighted by Gasteiger charge is 2.69. The molecule has 0 N–H and O–H groups in total. The van der Waals surface area contributed by atoms with E-state index in [1.807, 2.05) is 0 Å². The van der Waals surface area contributed by atoms with Crippen molar-refractivity contribution in [3.8, 4) is 0 Å². The van der Waals surface area contributed by atoms with Gasteiger partial charge in [0.1, 0.15) is 0 Å². The van der Waals surface area contributed by atoms with Gasteiger partial charge in [-0.2, -0.15) is 0 Å². The van der Waals surface area contributed by atoms with E-state index in [0.29, 0.717) is 0 Å². The number of rotatable bonds is 14. The second-order valence-corrected chi connectivity index (χ2v) is 33.1. The lowest BCUT2D eigenvalue weighted by Gasteiger charge is -2.71. The maximum absolute atomic E-state index is 2.47. The third-order valence-electron chi connectivity index (χ3n) is 24.0. The van der Waals surface area contributed by atoms with E-state index < -0.39 is 0 Å². The van der Waals surface area contributed by atoms with Gasteiger partial charge in [-0.1, -0.05) is 329 Å². The van der Waals surface area contributed by atoms with Crippen LogP contribution in [-0.2, 0) is 27.1 Å². The van der Waals surface area contributed by atoms with Crippen LogP contribution in [-0.4, -0.2) is 0 Å². The topological polar surface area (TPSA) is 6.48 Å². The molecule has 4 aliphatic rings. The third kappa shape index (κ3) is 16.1. The first kappa shape index (κ1) is 75.5. The maximum Gasteiger partial charge on any atom is 0.0701 e. The predicted octanol–water partition coefficient (Wildman–Crippen LogP) is 28.5. The summed E-state index contributed by atoms with van der Waals surface area (Å²) >= 11 is 0. The first-order valence-electron chi connectivity index (χ1n) is 39.7. The van der Waals surface area contributed by atoms with Crippen molar-refractivity contribution >= 4 is 34.1 Å². The molecule has 0 heterocycles. The summed E-state index contributed by atoms with van der Waals surface area (Å²) in [5, 5.41) is 0. The van der Waals surface area contributed by atoms with Crippen LogP contribution in [0.3, 0.4) is 0 Å². The molecule has 0 unspecified atom stereocenters. The average Bonchev–Trinajstić information content (AvgIpc) is 0.666. The number of benzene rings is 14. The van der Waals surface area contributed by atoms with E-state index in [0.717, 1.165) is 0 Å². The van der Waals surface area contributed by atoms with E-state index in [9.17, 15) is 0 Å². The summed E-state index contributed by atoms with van der Waals surface area (Å²) in [7, 11) is 0. The number of hydrogen-bond donors (Lipinski definition) is 0. The minimum atomic E-state index is -0.351. The van der Waals surface area contributed by atoms with E-state index in [-0.39, 0.29) is 27.1 Å². The Morgan fingerprint density at radius 2 is 0.364 bits per heavy atom. The smallest absolute Gasteiger partial charge is 0.0701 e. The van der Waals surface area contributed by atoms with Crippen LogP contribution >= 0.6 is 0 Å². The SMILES string of the molecule is Cc1ccc(C(c2ccccc2)(c2ccc(C)cc2)c2ccc(C)cc2)cc1.Cc1ccc(C23CC4(c5ccc(C)cc5)CC(c5ccc(C)cc5)(C2)CC(c2ccc(C)cc2)(C3)C4)cc1.Cc1ccc(N(c2ccc(C)cc2)c2ccc(C)cc2)cc1.Cc1cccc(N(c2cccc(C)c2)c2cccc(C)c2)c1. The van der Waals surface area contributed by atoms with Gasteiger partial charge < -0.3 is 9.80 Å². The average molecular weight is 1430 g/mol. The minimum absolute atomic E-state index is 0.170. The molecular formula is C108H108N2. The molecule has 4 saturated carbocycles. The quantitative estimate of drug-likeness (QED) is 0.100. The maximum atomic E-state index is 2.47. The van der Waals surface area contributed by atoms with Gasteiger partial charge in [-0.25, -0.2) is 0 Å². The van der Waals surface area contributed by atoms with Crippen molar-refractivity contribution in [1.29, 1.82) is 0 Å². The van der Waals surface area contributed by atoms with Crippen molar-refractivity contribution in [3.05, 3.63) is 463 Å². The van der Waals surface area contributed by atoms with Gasteiger partial charge in [0, 0.05) is 34.1 Å². The van der Waals surface area contributed by atoms with Gasteiger partial charge >= 0.3 is 0 Å². The molecule has 0 amide bonds. The van der Waals surface area contributed by atoms with E-state index in [2.05, 4.69) is 446 Å². The molecule has 550 valence electrons. The van der Waals surface area contributed by atoms with E-state index in [4.69, 9.17) is 0 Å². The van der Waals surface area contributed by atoms with Crippen LogP contribution in [0.5, 0.6) is 0 Å². The molecule has 0 spiro atoms. The standard InChI is InChI=1S/C38H40.C28H26.2C21H21N/c1-27-5-13-31(14-6-27)35-21-36(32-15-7-28(2)8-16-32)24-37(22-35,33-17-9-29(3)10-18-33)26-38(23-35,25-36)34-19-11-30(4)12-20-34;1-21-9-15-25(16-10-21)28(24-7-5-4-6-8-24,26-17-11-22(2)12-18-26)27-19-13-23(3)14-20-27;1-16-4-10-19(11-5-16)22(20-12-6-17(2)7-13-20)21-14-8-18(3)9-15-21;1-16-7-4-10-19(13-16)22(20-11-5-8-17(2)14-20)21-12-6-9-18(3)15-21/h5-20H,21-26H2,1-4H3;4-20H,1-3H3;2*4-15H,1-3H3. The van der Waals surface area contributed by atoms with Crippen LogP contribution < -0.4 is 9.80 Å². The zero-order chi connectivity index (χ0) is 76.8. The van der Waals surface area contributed by atoms with E-state index in [1.54, 1.807) is 22.3 Å². The summed E-state index contributed by atoms with van der Waals surface area (Å²) in [5.74, 6) is 0. The third-order valence-corrected chi connectivity index (χ3v) is 24.0. The molecule has 4 bridgehead atoms. The van der Waals surface area contributed by atoms with E-state index in [1.165, 1.54) is 167 Å².